The lowest BCUT2D eigenvalue weighted by atomic mass is 10.1. The third-order valence-electron chi connectivity index (χ3n) is 3.73. The molecule has 1 aliphatic rings. The molecular formula is C14H20N2O. The van der Waals surface area contributed by atoms with Gasteiger partial charge in [-0.25, -0.2) is 0 Å². The van der Waals surface area contributed by atoms with Crippen LogP contribution in [0.5, 0.6) is 0 Å². The number of rotatable bonds is 3. The summed E-state index contributed by atoms with van der Waals surface area (Å²) < 4.78 is 0. The Bertz CT molecular complexity index is 438. The molecular weight excluding hydrogens is 212 g/mol. The molecule has 2 rings (SSSR count). The lowest BCUT2D eigenvalue weighted by molar-refractivity contribution is 0.0726. The van der Waals surface area contributed by atoms with Crippen LogP contribution in [0.15, 0.2) is 18.2 Å². The summed E-state index contributed by atoms with van der Waals surface area (Å²) in [6, 6.07) is 5.82. The number of hydrogen-bond donors (Lipinski definition) is 1. The van der Waals surface area contributed by atoms with E-state index in [0.717, 1.165) is 11.1 Å². The molecule has 17 heavy (non-hydrogen) atoms. The molecule has 1 aromatic carbocycles. The minimum absolute atomic E-state index is 0.0780. The highest BCUT2D eigenvalue weighted by Crippen LogP contribution is 2.35. The fourth-order valence-corrected chi connectivity index (χ4v) is 2.14. The molecule has 0 radical (unpaired) electrons. The highest BCUT2D eigenvalue weighted by molar-refractivity contribution is 5.96. The van der Waals surface area contributed by atoms with Crippen molar-refractivity contribution in [3.05, 3.63) is 29.3 Å². The lowest BCUT2D eigenvalue weighted by Crippen LogP contribution is -2.36. The highest BCUT2D eigenvalue weighted by atomic mass is 16.2. The zero-order valence-corrected chi connectivity index (χ0v) is 10.7. The summed E-state index contributed by atoms with van der Waals surface area (Å²) in [5.41, 5.74) is 8.10. The van der Waals surface area contributed by atoms with Crippen molar-refractivity contribution in [1.82, 2.24) is 4.90 Å². The van der Waals surface area contributed by atoms with Gasteiger partial charge in [0.05, 0.1) is 0 Å². The van der Waals surface area contributed by atoms with Crippen LogP contribution in [0.1, 0.15) is 35.7 Å². The summed E-state index contributed by atoms with van der Waals surface area (Å²) in [6.07, 6.45) is 2.49. The number of hydrogen-bond acceptors (Lipinski definition) is 2. The van der Waals surface area contributed by atoms with Gasteiger partial charge in [-0.05, 0) is 50.3 Å². The van der Waals surface area contributed by atoms with Crippen molar-refractivity contribution in [1.29, 1.82) is 0 Å². The van der Waals surface area contributed by atoms with Gasteiger partial charge >= 0.3 is 0 Å². The van der Waals surface area contributed by atoms with E-state index in [-0.39, 0.29) is 5.91 Å². The average Bonchev–Trinajstić information content (AvgIpc) is 3.13. The first-order chi connectivity index (χ1) is 8.00. The molecule has 0 heterocycles. The summed E-state index contributed by atoms with van der Waals surface area (Å²) in [5, 5.41) is 0. The Morgan fingerprint density at radius 1 is 1.47 bits per heavy atom. The van der Waals surface area contributed by atoms with Crippen molar-refractivity contribution < 1.29 is 4.79 Å². The summed E-state index contributed by atoms with van der Waals surface area (Å²) in [5.74, 6) is 0.763. The van der Waals surface area contributed by atoms with Crippen LogP contribution in [0.4, 0.5) is 5.69 Å². The van der Waals surface area contributed by atoms with Gasteiger partial charge in [-0.3, -0.25) is 4.79 Å². The van der Waals surface area contributed by atoms with E-state index >= 15 is 0 Å². The fourth-order valence-electron chi connectivity index (χ4n) is 2.14. The first-order valence-corrected chi connectivity index (χ1v) is 6.14. The summed E-state index contributed by atoms with van der Waals surface area (Å²) in [6.45, 7) is 4.07. The number of nitrogens with two attached hydrogens (primary N) is 1. The molecule has 0 bridgehead atoms. The van der Waals surface area contributed by atoms with Crippen molar-refractivity contribution in [3.63, 3.8) is 0 Å². The van der Waals surface area contributed by atoms with Crippen molar-refractivity contribution in [3.8, 4) is 0 Å². The van der Waals surface area contributed by atoms with Gasteiger partial charge in [-0.2, -0.15) is 0 Å². The van der Waals surface area contributed by atoms with Gasteiger partial charge in [0.25, 0.3) is 5.91 Å². The van der Waals surface area contributed by atoms with Gasteiger partial charge in [0, 0.05) is 24.3 Å². The zero-order chi connectivity index (χ0) is 12.6. The van der Waals surface area contributed by atoms with Gasteiger partial charge in [0.15, 0.2) is 0 Å². The van der Waals surface area contributed by atoms with Crippen LogP contribution in [0, 0.1) is 12.8 Å². The van der Waals surface area contributed by atoms with Crippen LogP contribution < -0.4 is 5.73 Å². The molecule has 1 fully saturated rings. The summed E-state index contributed by atoms with van der Waals surface area (Å²) >= 11 is 0. The maximum absolute atomic E-state index is 12.4. The number of anilines is 1. The number of amides is 1. The first kappa shape index (κ1) is 12.0. The van der Waals surface area contributed by atoms with E-state index in [2.05, 4.69) is 6.92 Å². The Kier molecular flexibility index (Phi) is 3.09. The van der Waals surface area contributed by atoms with E-state index < -0.39 is 0 Å². The highest BCUT2D eigenvalue weighted by Gasteiger charge is 2.32. The van der Waals surface area contributed by atoms with Crippen LogP contribution in [-0.4, -0.2) is 23.9 Å². The fraction of sp³-hybridized carbons (Fsp3) is 0.500. The molecule has 2 N–H and O–H groups in total. The van der Waals surface area contributed by atoms with E-state index in [0.29, 0.717) is 17.6 Å². The second-order valence-corrected chi connectivity index (χ2v) is 5.07. The Labute approximate surface area is 103 Å². The summed E-state index contributed by atoms with van der Waals surface area (Å²) in [7, 11) is 1.88. The Hall–Kier alpha value is -1.51. The molecule has 0 spiro atoms. The maximum atomic E-state index is 12.4. The molecule has 1 aromatic rings. The van der Waals surface area contributed by atoms with E-state index in [1.165, 1.54) is 12.8 Å². The van der Waals surface area contributed by atoms with Crippen molar-refractivity contribution in [2.24, 2.45) is 5.92 Å². The molecule has 1 unspecified atom stereocenters. The largest absolute Gasteiger partial charge is 0.399 e. The standard InChI is InChI=1S/C14H20N2O/c1-9-4-7-12(15)8-13(9)14(17)16(3)10(2)11-5-6-11/h4,7-8,10-11H,5-6,15H2,1-3H3. The minimum atomic E-state index is 0.0780. The number of nitrogens with zero attached hydrogens (tertiary/aromatic N) is 1. The van der Waals surface area contributed by atoms with Crippen molar-refractivity contribution in [2.75, 3.05) is 12.8 Å². The third kappa shape index (κ3) is 2.43. The van der Waals surface area contributed by atoms with Gasteiger partial charge in [-0.1, -0.05) is 6.07 Å². The molecule has 1 saturated carbocycles. The molecule has 0 aromatic heterocycles. The molecule has 92 valence electrons. The van der Waals surface area contributed by atoms with Crippen molar-refractivity contribution >= 4 is 11.6 Å². The van der Waals surface area contributed by atoms with E-state index in [4.69, 9.17) is 5.73 Å². The number of carbonyl (C=O) groups is 1. The Morgan fingerprint density at radius 3 is 2.71 bits per heavy atom. The van der Waals surface area contributed by atoms with E-state index in [1.54, 1.807) is 6.07 Å². The Balaban J connectivity index is 2.20. The minimum Gasteiger partial charge on any atom is -0.399 e. The maximum Gasteiger partial charge on any atom is 0.254 e. The van der Waals surface area contributed by atoms with Crippen LogP contribution in [-0.2, 0) is 0 Å². The SMILES string of the molecule is Cc1ccc(N)cc1C(=O)N(C)C(C)C1CC1. The zero-order valence-electron chi connectivity index (χ0n) is 10.7. The van der Waals surface area contributed by atoms with Gasteiger partial charge in [0.2, 0.25) is 0 Å². The average molecular weight is 232 g/mol. The Morgan fingerprint density at radius 2 is 2.12 bits per heavy atom. The monoisotopic (exact) mass is 232 g/mol. The second kappa shape index (κ2) is 4.40. The molecule has 1 amide bonds. The van der Waals surface area contributed by atoms with Crippen LogP contribution in [0.3, 0.4) is 0 Å². The van der Waals surface area contributed by atoms with E-state index in [9.17, 15) is 4.79 Å². The predicted molar refractivity (Wildman–Crippen MR) is 69.9 cm³/mol. The predicted octanol–water partition coefficient (Wildman–Crippen LogP) is 2.45. The first-order valence-electron chi connectivity index (χ1n) is 6.14. The topological polar surface area (TPSA) is 46.3 Å². The number of nitrogen functional groups attached to an aromatic ring is 1. The van der Waals surface area contributed by atoms with Crippen molar-refractivity contribution in [2.45, 2.75) is 32.7 Å². The lowest BCUT2D eigenvalue weighted by Gasteiger charge is -2.25. The molecule has 1 aliphatic carbocycles. The number of aryl methyl sites for hydroxylation is 1. The van der Waals surface area contributed by atoms with Crippen LogP contribution >= 0.6 is 0 Å². The van der Waals surface area contributed by atoms with Crippen LogP contribution in [0.25, 0.3) is 0 Å². The van der Waals surface area contributed by atoms with Gasteiger partial charge in [-0.15, -0.1) is 0 Å². The molecule has 3 nitrogen and oxygen atoms in total. The van der Waals surface area contributed by atoms with Gasteiger partial charge in [0.1, 0.15) is 0 Å². The number of benzene rings is 1. The van der Waals surface area contributed by atoms with Crippen LogP contribution in [0.2, 0.25) is 0 Å². The van der Waals surface area contributed by atoms with Gasteiger partial charge < -0.3 is 10.6 Å². The molecule has 0 saturated heterocycles. The normalized spacial score (nSPS) is 16.6. The quantitative estimate of drug-likeness (QED) is 0.814. The molecule has 3 heteroatoms. The second-order valence-electron chi connectivity index (χ2n) is 5.07. The molecule has 0 aliphatic heterocycles. The number of carbonyl (C=O) groups excluding carboxylic acids is 1. The van der Waals surface area contributed by atoms with E-state index in [1.807, 2.05) is 31.0 Å². The smallest absolute Gasteiger partial charge is 0.254 e. The third-order valence-corrected chi connectivity index (χ3v) is 3.73. The molecule has 1 atom stereocenters. The summed E-state index contributed by atoms with van der Waals surface area (Å²) in [4.78, 5) is 14.2.